The lowest BCUT2D eigenvalue weighted by molar-refractivity contribution is 0.102. The Balaban J connectivity index is 1.32. The van der Waals surface area contributed by atoms with Gasteiger partial charge in [0, 0.05) is 49.7 Å². The molecule has 5 rings (SSSR count). The Morgan fingerprint density at radius 1 is 1.11 bits per heavy atom. The van der Waals surface area contributed by atoms with E-state index in [4.69, 9.17) is 4.74 Å². The fourth-order valence-corrected chi connectivity index (χ4v) is 4.71. The minimum atomic E-state index is -0.301. The number of fused-ring (bicyclic) bond motifs is 1. The maximum atomic E-state index is 13.2. The molecule has 3 aromatic heterocycles. The summed E-state index contributed by atoms with van der Waals surface area (Å²) in [4.78, 5) is 36.0. The minimum Gasteiger partial charge on any atom is -0.496 e. The fraction of sp³-hybridized carbons (Fsp3) is 0.269. The lowest BCUT2D eigenvalue weighted by atomic mass is 10.0. The maximum Gasteiger partial charge on any atom is 0.258 e. The molecule has 1 aliphatic heterocycles. The number of rotatable bonds is 5. The molecule has 182 valence electrons. The Hall–Kier alpha value is -3.91. The number of amides is 1. The van der Waals surface area contributed by atoms with Crippen molar-refractivity contribution in [1.82, 2.24) is 29.7 Å². The normalized spacial score (nSPS) is 14.3. The number of ether oxygens (including phenoxy) is 1. The smallest absolute Gasteiger partial charge is 0.258 e. The highest BCUT2D eigenvalue weighted by Crippen LogP contribution is 2.32. The van der Waals surface area contributed by atoms with Gasteiger partial charge in [-0.05, 0) is 25.1 Å². The predicted octanol–water partition coefficient (Wildman–Crippen LogP) is 3.01. The number of carbonyl (C=O) groups is 1. The Kier molecular flexibility index (Phi) is 7.13. The monoisotopic (exact) mass is 499 g/mol. The van der Waals surface area contributed by atoms with Crippen LogP contribution in [0.4, 0.5) is 5.13 Å². The van der Waals surface area contributed by atoms with Crippen molar-refractivity contribution in [2.45, 2.75) is 0 Å². The molecule has 1 saturated heterocycles. The zero-order valence-corrected chi connectivity index (χ0v) is 20.9. The van der Waals surface area contributed by atoms with Crippen LogP contribution < -0.4 is 10.1 Å². The molecule has 36 heavy (non-hydrogen) atoms. The summed E-state index contributed by atoms with van der Waals surface area (Å²) >= 11 is 1.26. The summed E-state index contributed by atoms with van der Waals surface area (Å²) in [6.45, 7) is 4.86. The topological polar surface area (TPSA) is 96.4 Å². The molecule has 1 amide bonds. The van der Waals surface area contributed by atoms with Crippen molar-refractivity contribution in [1.29, 1.82) is 0 Å². The predicted molar refractivity (Wildman–Crippen MR) is 140 cm³/mol. The number of pyridine rings is 1. The van der Waals surface area contributed by atoms with Crippen molar-refractivity contribution in [2.75, 3.05) is 52.2 Å². The number of hydrogen-bond donors (Lipinski definition) is 1. The summed E-state index contributed by atoms with van der Waals surface area (Å²) < 4.78 is 5.47. The van der Waals surface area contributed by atoms with E-state index in [9.17, 15) is 4.79 Å². The molecule has 4 heterocycles. The van der Waals surface area contributed by atoms with Crippen LogP contribution in [-0.4, -0.2) is 82.5 Å². The van der Waals surface area contributed by atoms with Crippen LogP contribution in [0.3, 0.4) is 0 Å². The second-order valence-electron chi connectivity index (χ2n) is 8.36. The van der Waals surface area contributed by atoms with Gasteiger partial charge in [-0.25, -0.2) is 9.97 Å². The number of aromatic nitrogens is 4. The third-order valence-corrected chi connectivity index (χ3v) is 6.78. The van der Waals surface area contributed by atoms with E-state index in [1.54, 1.807) is 31.8 Å². The van der Waals surface area contributed by atoms with Gasteiger partial charge in [-0.15, -0.1) is 0 Å². The molecule has 1 fully saturated rings. The van der Waals surface area contributed by atoms with Crippen LogP contribution in [0, 0.1) is 11.8 Å². The summed E-state index contributed by atoms with van der Waals surface area (Å²) in [5.41, 5.74) is 2.98. The van der Waals surface area contributed by atoms with Crippen molar-refractivity contribution in [3.05, 3.63) is 60.2 Å². The highest BCUT2D eigenvalue weighted by Gasteiger charge is 2.18. The molecule has 1 aliphatic rings. The number of carbonyl (C=O) groups excluding carboxylic acids is 1. The SMILES string of the molecule is COc1ccccc1-c1cnccc1C(=O)Nc1nc2ncc(C#CCN3CCN(C)CC3)nc2s1. The van der Waals surface area contributed by atoms with E-state index in [1.165, 1.54) is 11.3 Å². The molecule has 0 bridgehead atoms. The lowest BCUT2D eigenvalue weighted by Crippen LogP contribution is -2.44. The first-order valence-electron chi connectivity index (χ1n) is 11.5. The summed E-state index contributed by atoms with van der Waals surface area (Å²) in [6, 6.07) is 9.19. The minimum absolute atomic E-state index is 0.301. The van der Waals surface area contributed by atoms with E-state index >= 15 is 0 Å². The average Bonchev–Trinajstić information content (AvgIpc) is 3.31. The number of thiazole rings is 1. The van der Waals surface area contributed by atoms with E-state index in [0.717, 1.165) is 31.7 Å². The number of benzene rings is 1. The summed E-state index contributed by atoms with van der Waals surface area (Å²) in [5, 5.41) is 3.29. The summed E-state index contributed by atoms with van der Waals surface area (Å²) in [6.07, 6.45) is 4.86. The zero-order valence-electron chi connectivity index (χ0n) is 20.1. The molecule has 0 unspecified atom stereocenters. The Morgan fingerprint density at radius 3 is 2.78 bits per heavy atom. The van der Waals surface area contributed by atoms with Crippen LogP contribution >= 0.6 is 11.3 Å². The second kappa shape index (κ2) is 10.8. The summed E-state index contributed by atoms with van der Waals surface area (Å²) in [5.74, 6) is 6.66. The molecule has 0 saturated carbocycles. The van der Waals surface area contributed by atoms with Crippen LogP contribution in [0.25, 0.3) is 21.6 Å². The number of piperazine rings is 1. The molecular formula is C26H25N7O2S. The number of likely N-dealkylation sites (N-methyl/N-ethyl adjacent to an activating group) is 1. The van der Waals surface area contributed by atoms with Crippen LogP contribution in [-0.2, 0) is 0 Å². The average molecular weight is 500 g/mol. The molecule has 10 heteroatoms. The third kappa shape index (κ3) is 5.33. The highest BCUT2D eigenvalue weighted by atomic mass is 32.1. The molecule has 0 aliphatic carbocycles. The van der Waals surface area contributed by atoms with E-state index in [1.807, 2.05) is 24.3 Å². The second-order valence-corrected chi connectivity index (χ2v) is 9.34. The lowest BCUT2D eigenvalue weighted by Gasteiger charge is -2.30. The Bertz CT molecular complexity index is 1450. The first kappa shape index (κ1) is 23.8. The molecule has 9 nitrogen and oxygen atoms in total. The van der Waals surface area contributed by atoms with Crippen LogP contribution in [0.2, 0.25) is 0 Å². The summed E-state index contributed by atoms with van der Waals surface area (Å²) in [7, 11) is 3.73. The van der Waals surface area contributed by atoms with Crippen LogP contribution in [0.1, 0.15) is 16.1 Å². The van der Waals surface area contributed by atoms with Gasteiger partial charge in [0.25, 0.3) is 5.91 Å². The number of nitrogens with one attached hydrogen (secondary N) is 1. The number of para-hydroxylation sites is 1. The van der Waals surface area contributed by atoms with Gasteiger partial charge in [0.05, 0.1) is 25.4 Å². The maximum absolute atomic E-state index is 13.2. The van der Waals surface area contributed by atoms with Gasteiger partial charge in [-0.3, -0.25) is 20.0 Å². The van der Waals surface area contributed by atoms with Gasteiger partial charge in [0.2, 0.25) is 0 Å². The molecular weight excluding hydrogens is 474 g/mol. The van der Waals surface area contributed by atoms with E-state index < -0.39 is 0 Å². The standard InChI is InChI=1S/C26H25N7O2S/c1-32-12-14-33(15-13-32)11-5-6-18-16-28-23-25(29-18)36-26(30-23)31-24(34)20-9-10-27-17-21(20)19-7-3-4-8-22(19)35-2/h3-4,7-10,16-17H,11-15H2,1-2H3,(H,28,30,31,34). The van der Waals surface area contributed by atoms with Crippen molar-refractivity contribution < 1.29 is 9.53 Å². The largest absolute Gasteiger partial charge is 0.496 e. The highest BCUT2D eigenvalue weighted by molar-refractivity contribution is 7.21. The van der Waals surface area contributed by atoms with E-state index in [0.29, 0.717) is 44.7 Å². The van der Waals surface area contributed by atoms with E-state index in [-0.39, 0.29) is 5.91 Å². The first-order chi connectivity index (χ1) is 17.6. The molecule has 0 radical (unpaired) electrons. The number of hydrogen-bond acceptors (Lipinski definition) is 9. The van der Waals surface area contributed by atoms with Crippen molar-refractivity contribution >= 4 is 32.9 Å². The van der Waals surface area contributed by atoms with Crippen LogP contribution in [0.5, 0.6) is 5.75 Å². The van der Waals surface area contributed by atoms with Crippen molar-refractivity contribution in [3.8, 4) is 28.7 Å². The fourth-order valence-electron chi connectivity index (χ4n) is 3.92. The third-order valence-electron chi connectivity index (χ3n) is 5.92. The van der Waals surface area contributed by atoms with Gasteiger partial charge in [0.15, 0.2) is 15.6 Å². The first-order valence-corrected chi connectivity index (χ1v) is 12.3. The van der Waals surface area contributed by atoms with Gasteiger partial charge >= 0.3 is 0 Å². The van der Waals surface area contributed by atoms with Gasteiger partial charge in [-0.1, -0.05) is 35.5 Å². The van der Waals surface area contributed by atoms with Gasteiger partial charge in [0.1, 0.15) is 11.4 Å². The Morgan fingerprint density at radius 2 is 1.94 bits per heavy atom. The molecule has 1 N–H and O–H groups in total. The number of methoxy groups -OCH3 is 1. The molecule has 0 spiro atoms. The zero-order chi connectivity index (χ0) is 24.9. The Labute approximate surface area is 213 Å². The molecule has 0 atom stereocenters. The number of nitrogens with zero attached hydrogens (tertiary/aromatic N) is 6. The van der Waals surface area contributed by atoms with Crippen molar-refractivity contribution in [2.24, 2.45) is 0 Å². The van der Waals surface area contributed by atoms with Crippen molar-refractivity contribution in [3.63, 3.8) is 0 Å². The van der Waals surface area contributed by atoms with Crippen LogP contribution in [0.15, 0.2) is 48.9 Å². The molecule has 1 aromatic carbocycles. The van der Waals surface area contributed by atoms with Gasteiger partial charge in [-0.2, -0.15) is 4.98 Å². The molecule has 4 aromatic rings. The quantitative estimate of drug-likeness (QED) is 0.419. The van der Waals surface area contributed by atoms with E-state index in [2.05, 4.69) is 53.9 Å². The van der Waals surface area contributed by atoms with Gasteiger partial charge < -0.3 is 9.64 Å². The number of anilines is 1.